The van der Waals surface area contributed by atoms with E-state index in [0.717, 1.165) is 62.0 Å². The number of ether oxygens (including phenoxy) is 1. The summed E-state index contributed by atoms with van der Waals surface area (Å²) in [5.74, 6) is -0.291. The summed E-state index contributed by atoms with van der Waals surface area (Å²) in [6.07, 6.45) is 5.01. The van der Waals surface area contributed by atoms with Gasteiger partial charge in [0.1, 0.15) is 0 Å². The van der Waals surface area contributed by atoms with Crippen LogP contribution < -0.4 is 5.32 Å². The first-order chi connectivity index (χ1) is 13.3. The highest BCUT2D eigenvalue weighted by Gasteiger charge is 2.44. The summed E-state index contributed by atoms with van der Waals surface area (Å²) in [7, 11) is 0. The zero-order valence-corrected chi connectivity index (χ0v) is 18.2. The average molecular weight is 390 g/mol. The monoisotopic (exact) mass is 389 g/mol. The molecule has 1 fully saturated rings. The van der Waals surface area contributed by atoms with Crippen LogP contribution in [0, 0.1) is 19.8 Å². The highest BCUT2D eigenvalue weighted by atomic mass is 16.5. The number of rotatable bonds is 8. The van der Waals surface area contributed by atoms with Gasteiger partial charge in [-0.05, 0) is 44.2 Å². The second-order valence-corrected chi connectivity index (χ2v) is 8.53. The summed E-state index contributed by atoms with van der Waals surface area (Å²) in [6.45, 7) is 11.9. The van der Waals surface area contributed by atoms with Crippen LogP contribution in [-0.2, 0) is 14.3 Å². The van der Waals surface area contributed by atoms with E-state index in [2.05, 4.69) is 12.2 Å². The lowest BCUT2D eigenvalue weighted by Gasteiger charge is -2.46. The number of carbonyl (C=O) groups is 2. The van der Waals surface area contributed by atoms with Crippen molar-refractivity contribution in [3.63, 3.8) is 0 Å². The molecular formula is C23H37N2O3+. The van der Waals surface area contributed by atoms with Crippen molar-refractivity contribution < 1.29 is 18.8 Å². The van der Waals surface area contributed by atoms with E-state index in [-0.39, 0.29) is 23.8 Å². The molecule has 5 nitrogen and oxygen atoms in total. The minimum Gasteiger partial charge on any atom is -0.415 e. The maximum absolute atomic E-state index is 13.4. The molecule has 0 aromatic heterocycles. The number of aryl methyl sites for hydroxylation is 2. The second kappa shape index (κ2) is 10.1. The Kier molecular flexibility index (Phi) is 8.05. The number of hydrogen-bond donors (Lipinski definition) is 1. The molecule has 2 atom stereocenters. The van der Waals surface area contributed by atoms with Gasteiger partial charge in [-0.25, -0.2) is 0 Å². The number of nitrogens with one attached hydrogen (secondary N) is 1. The van der Waals surface area contributed by atoms with E-state index >= 15 is 0 Å². The number of hydrogen-bond acceptors (Lipinski definition) is 3. The Morgan fingerprint density at radius 3 is 2.50 bits per heavy atom. The third-order valence-corrected chi connectivity index (χ3v) is 5.92. The number of piperidine rings is 1. The summed E-state index contributed by atoms with van der Waals surface area (Å²) in [6, 6.07) is 5.87. The molecular weight excluding hydrogens is 352 g/mol. The van der Waals surface area contributed by atoms with Gasteiger partial charge in [0, 0.05) is 12.1 Å². The SMILES string of the molecule is CCCC[N+]1(COC(=O)C(C)C)CCCCC1C(=O)Nc1c(C)cccc1C. The fourth-order valence-corrected chi connectivity index (χ4v) is 4.11. The van der Waals surface area contributed by atoms with Crippen LogP contribution >= 0.6 is 0 Å². The number of benzene rings is 1. The molecule has 2 rings (SSSR count). The van der Waals surface area contributed by atoms with E-state index in [9.17, 15) is 9.59 Å². The molecule has 0 spiro atoms. The largest absolute Gasteiger partial charge is 0.415 e. The highest BCUT2D eigenvalue weighted by Crippen LogP contribution is 2.29. The number of esters is 1. The molecule has 0 aliphatic carbocycles. The Labute approximate surface area is 170 Å². The summed E-state index contributed by atoms with van der Waals surface area (Å²) >= 11 is 0. The van der Waals surface area contributed by atoms with Crippen molar-refractivity contribution in [2.45, 2.75) is 72.8 Å². The minimum atomic E-state index is -0.187. The second-order valence-electron chi connectivity index (χ2n) is 8.53. The minimum absolute atomic E-state index is 0.0498. The van der Waals surface area contributed by atoms with Crippen molar-refractivity contribution in [3.8, 4) is 0 Å². The van der Waals surface area contributed by atoms with E-state index in [1.165, 1.54) is 0 Å². The lowest BCUT2D eigenvalue weighted by Crippen LogP contribution is -2.63. The predicted molar refractivity (Wildman–Crippen MR) is 113 cm³/mol. The molecule has 2 unspecified atom stereocenters. The molecule has 28 heavy (non-hydrogen) atoms. The molecule has 1 amide bonds. The number of para-hydroxylation sites is 1. The van der Waals surface area contributed by atoms with Crippen molar-refractivity contribution in [1.29, 1.82) is 0 Å². The van der Waals surface area contributed by atoms with Gasteiger partial charge in [0.2, 0.25) is 6.73 Å². The van der Waals surface area contributed by atoms with Crippen LogP contribution in [0.15, 0.2) is 18.2 Å². The van der Waals surface area contributed by atoms with Crippen molar-refractivity contribution in [2.24, 2.45) is 5.92 Å². The standard InChI is InChI=1S/C23H36N2O3/c1-6-7-14-25(16-28-23(27)17(2)3)15-9-8-13-20(25)22(26)24-21-18(4)11-10-12-19(21)5/h10-12,17,20H,6-9,13-16H2,1-5H3/p+1. The van der Waals surface area contributed by atoms with Crippen molar-refractivity contribution in [2.75, 3.05) is 25.1 Å². The average Bonchev–Trinajstić information content (AvgIpc) is 2.67. The maximum Gasteiger partial charge on any atom is 0.312 e. The summed E-state index contributed by atoms with van der Waals surface area (Å²) in [5.41, 5.74) is 3.05. The fourth-order valence-electron chi connectivity index (χ4n) is 4.11. The fraction of sp³-hybridized carbons (Fsp3) is 0.652. The van der Waals surface area contributed by atoms with Crippen molar-refractivity contribution in [3.05, 3.63) is 29.3 Å². The Morgan fingerprint density at radius 2 is 1.89 bits per heavy atom. The molecule has 0 bridgehead atoms. The van der Waals surface area contributed by atoms with Gasteiger partial charge in [-0.1, -0.05) is 45.4 Å². The molecule has 1 aromatic carbocycles. The van der Waals surface area contributed by atoms with Crippen LogP contribution in [0.5, 0.6) is 0 Å². The molecule has 5 heteroatoms. The van der Waals surface area contributed by atoms with Gasteiger partial charge in [-0.15, -0.1) is 0 Å². The van der Waals surface area contributed by atoms with Crippen LogP contribution in [0.4, 0.5) is 5.69 Å². The molecule has 1 N–H and O–H groups in total. The summed E-state index contributed by atoms with van der Waals surface area (Å²) in [5, 5.41) is 3.19. The first-order valence-electron chi connectivity index (χ1n) is 10.7. The van der Waals surface area contributed by atoms with Crippen LogP contribution in [0.25, 0.3) is 0 Å². The third kappa shape index (κ3) is 5.34. The Morgan fingerprint density at radius 1 is 1.21 bits per heavy atom. The van der Waals surface area contributed by atoms with Gasteiger partial charge < -0.3 is 10.1 Å². The van der Waals surface area contributed by atoms with E-state index in [0.29, 0.717) is 11.2 Å². The molecule has 1 aromatic rings. The molecule has 1 saturated heterocycles. The zero-order valence-electron chi connectivity index (χ0n) is 18.2. The van der Waals surface area contributed by atoms with Crippen molar-refractivity contribution >= 4 is 17.6 Å². The quantitative estimate of drug-likeness (QED) is 0.523. The topological polar surface area (TPSA) is 55.4 Å². The Bertz CT molecular complexity index is 666. The van der Waals surface area contributed by atoms with Crippen LogP contribution in [0.2, 0.25) is 0 Å². The van der Waals surface area contributed by atoms with Gasteiger partial charge in [0.15, 0.2) is 6.04 Å². The summed E-state index contributed by atoms with van der Waals surface area (Å²) < 4.78 is 6.23. The first kappa shape index (κ1) is 22.4. The number of nitrogens with zero attached hydrogens (tertiary/aromatic N) is 1. The molecule has 1 aliphatic heterocycles. The first-order valence-corrected chi connectivity index (χ1v) is 10.7. The van der Waals surface area contributed by atoms with Crippen LogP contribution in [0.3, 0.4) is 0 Å². The number of likely N-dealkylation sites (tertiary alicyclic amines) is 1. The van der Waals surface area contributed by atoms with Gasteiger partial charge in [-0.3, -0.25) is 14.1 Å². The number of carbonyl (C=O) groups excluding carboxylic acids is 2. The number of unbranched alkanes of at least 4 members (excludes halogenated alkanes) is 1. The third-order valence-electron chi connectivity index (χ3n) is 5.92. The maximum atomic E-state index is 13.4. The molecule has 0 saturated carbocycles. The van der Waals surface area contributed by atoms with E-state index in [1.807, 2.05) is 45.9 Å². The zero-order chi connectivity index (χ0) is 20.7. The smallest absolute Gasteiger partial charge is 0.312 e. The number of quaternary nitrogens is 1. The van der Waals surface area contributed by atoms with Crippen LogP contribution in [0.1, 0.15) is 64.0 Å². The summed E-state index contributed by atoms with van der Waals surface area (Å²) in [4.78, 5) is 25.5. The van der Waals surface area contributed by atoms with E-state index in [1.54, 1.807) is 0 Å². The highest BCUT2D eigenvalue weighted by molar-refractivity contribution is 5.95. The van der Waals surface area contributed by atoms with E-state index in [4.69, 9.17) is 4.74 Å². The molecule has 1 aliphatic rings. The van der Waals surface area contributed by atoms with Crippen molar-refractivity contribution in [1.82, 2.24) is 0 Å². The number of amides is 1. The Balaban J connectivity index is 2.25. The van der Waals surface area contributed by atoms with E-state index < -0.39 is 0 Å². The lowest BCUT2D eigenvalue weighted by molar-refractivity contribution is -0.962. The molecule has 156 valence electrons. The predicted octanol–water partition coefficient (Wildman–Crippen LogP) is 4.57. The van der Waals surface area contributed by atoms with Gasteiger partial charge in [0.05, 0.1) is 19.0 Å². The Hall–Kier alpha value is -1.88. The van der Waals surface area contributed by atoms with Gasteiger partial charge in [-0.2, -0.15) is 0 Å². The van der Waals surface area contributed by atoms with Gasteiger partial charge >= 0.3 is 5.97 Å². The van der Waals surface area contributed by atoms with Gasteiger partial charge in [0.25, 0.3) is 5.91 Å². The lowest BCUT2D eigenvalue weighted by atomic mass is 9.96. The normalized spacial score (nSPS) is 22.1. The molecule has 0 radical (unpaired) electrons. The molecule has 1 heterocycles. The van der Waals surface area contributed by atoms with Crippen LogP contribution in [-0.4, -0.2) is 42.2 Å². The number of anilines is 1.